The van der Waals surface area contributed by atoms with Gasteiger partial charge in [0.1, 0.15) is 0 Å². The highest BCUT2D eigenvalue weighted by atomic mass is 35.5. The molecule has 5 heteroatoms. The van der Waals surface area contributed by atoms with E-state index < -0.39 is 18.0 Å². The van der Waals surface area contributed by atoms with Crippen molar-refractivity contribution in [1.82, 2.24) is 0 Å². The summed E-state index contributed by atoms with van der Waals surface area (Å²) in [4.78, 5) is 12.8. The number of carboxylic acids is 1. The SMILES string of the molecule is O=C(O)C(CSc1ccccc1)CC(O)c1ccccc1-c1ccc(Cl)cc1. The third-order valence-corrected chi connectivity index (χ3v) is 5.95. The number of aliphatic carboxylic acids is 1. The van der Waals surface area contributed by atoms with Gasteiger partial charge in [-0.1, -0.05) is 66.2 Å². The number of benzene rings is 3. The van der Waals surface area contributed by atoms with E-state index in [1.165, 1.54) is 11.8 Å². The highest BCUT2D eigenvalue weighted by molar-refractivity contribution is 7.99. The molecule has 3 aromatic carbocycles. The van der Waals surface area contributed by atoms with Gasteiger partial charge in [-0.2, -0.15) is 0 Å². The first kappa shape index (κ1) is 20.5. The normalized spacial score (nSPS) is 13.1. The lowest BCUT2D eigenvalue weighted by atomic mass is 9.91. The minimum atomic E-state index is -0.897. The Bertz CT molecular complexity index is 913. The van der Waals surface area contributed by atoms with Crippen LogP contribution in [0.25, 0.3) is 11.1 Å². The molecule has 144 valence electrons. The van der Waals surface area contributed by atoms with E-state index in [4.69, 9.17) is 11.6 Å². The molecule has 2 atom stereocenters. The van der Waals surface area contributed by atoms with Gasteiger partial charge in [-0.3, -0.25) is 4.79 Å². The molecule has 0 saturated heterocycles. The molecular weight excluding hydrogens is 392 g/mol. The summed E-state index contributed by atoms with van der Waals surface area (Å²) >= 11 is 7.46. The van der Waals surface area contributed by atoms with E-state index in [0.29, 0.717) is 10.8 Å². The number of aliphatic hydroxyl groups is 1. The Balaban J connectivity index is 1.76. The van der Waals surface area contributed by atoms with Gasteiger partial charge in [0.2, 0.25) is 0 Å². The van der Waals surface area contributed by atoms with Crippen LogP contribution in [-0.4, -0.2) is 21.9 Å². The van der Waals surface area contributed by atoms with Crippen molar-refractivity contribution in [2.24, 2.45) is 5.92 Å². The molecule has 0 amide bonds. The number of rotatable bonds is 8. The standard InChI is InChI=1S/C23H21ClO3S/c24-18-12-10-16(11-13-18)20-8-4-5-9-21(20)22(25)14-17(23(26)27)15-28-19-6-2-1-3-7-19/h1-13,17,22,25H,14-15H2,(H,26,27). The highest BCUT2D eigenvalue weighted by Gasteiger charge is 2.24. The van der Waals surface area contributed by atoms with Crippen LogP contribution in [0.2, 0.25) is 5.02 Å². The highest BCUT2D eigenvalue weighted by Crippen LogP contribution is 2.33. The van der Waals surface area contributed by atoms with E-state index in [2.05, 4.69) is 0 Å². The third-order valence-electron chi connectivity index (χ3n) is 4.53. The van der Waals surface area contributed by atoms with Crippen molar-refractivity contribution in [3.63, 3.8) is 0 Å². The number of carboxylic acid groups (broad SMARTS) is 1. The molecule has 0 radical (unpaired) electrons. The largest absolute Gasteiger partial charge is 0.481 e. The topological polar surface area (TPSA) is 57.5 Å². The second-order valence-corrected chi connectivity index (χ2v) is 8.03. The average molecular weight is 413 g/mol. The summed E-state index contributed by atoms with van der Waals surface area (Å²) in [5.74, 6) is -1.15. The third kappa shape index (κ3) is 5.38. The number of thioether (sulfide) groups is 1. The van der Waals surface area contributed by atoms with Gasteiger partial charge in [0.05, 0.1) is 12.0 Å². The van der Waals surface area contributed by atoms with Crippen LogP contribution in [0.5, 0.6) is 0 Å². The summed E-state index contributed by atoms with van der Waals surface area (Å²) in [6.07, 6.45) is -0.718. The summed E-state index contributed by atoms with van der Waals surface area (Å²) in [7, 11) is 0. The maximum absolute atomic E-state index is 11.7. The molecule has 0 aliphatic rings. The van der Waals surface area contributed by atoms with Crippen LogP contribution in [0.4, 0.5) is 0 Å². The van der Waals surface area contributed by atoms with Gasteiger partial charge >= 0.3 is 5.97 Å². The van der Waals surface area contributed by atoms with Gasteiger partial charge in [-0.05, 0) is 47.4 Å². The van der Waals surface area contributed by atoms with Gasteiger partial charge in [0.25, 0.3) is 0 Å². The number of aliphatic hydroxyl groups excluding tert-OH is 1. The molecule has 0 saturated carbocycles. The summed E-state index contributed by atoms with van der Waals surface area (Å²) in [6.45, 7) is 0. The van der Waals surface area contributed by atoms with Crippen LogP contribution in [-0.2, 0) is 4.79 Å². The predicted molar refractivity (Wildman–Crippen MR) is 115 cm³/mol. The molecule has 0 aliphatic carbocycles. The fourth-order valence-corrected chi connectivity index (χ4v) is 4.18. The Hall–Kier alpha value is -2.27. The van der Waals surface area contributed by atoms with Gasteiger partial charge in [-0.25, -0.2) is 0 Å². The molecule has 0 heterocycles. The molecule has 2 N–H and O–H groups in total. The van der Waals surface area contributed by atoms with Crippen LogP contribution in [0.15, 0.2) is 83.8 Å². The summed E-state index contributed by atoms with van der Waals surface area (Å²) in [6, 6.07) is 24.6. The minimum absolute atomic E-state index is 0.153. The molecule has 0 fully saturated rings. The van der Waals surface area contributed by atoms with Crippen molar-refractivity contribution in [3.8, 4) is 11.1 Å². The number of halogens is 1. The van der Waals surface area contributed by atoms with Gasteiger partial charge < -0.3 is 10.2 Å². The van der Waals surface area contributed by atoms with Gasteiger partial charge in [-0.15, -0.1) is 11.8 Å². The molecule has 0 bridgehead atoms. The fourth-order valence-electron chi connectivity index (χ4n) is 3.03. The summed E-state index contributed by atoms with van der Waals surface area (Å²) in [5.41, 5.74) is 2.54. The first-order valence-electron chi connectivity index (χ1n) is 8.98. The first-order valence-corrected chi connectivity index (χ1v) is 10.3. The van der Waals surface area contributed by atoms with E-state index in [1.807, 2.05) is 66.7 Å². The van der Waals surface area contributed by atoms with Crippen LogP contribution < -0.4 is 0 Å². The molecule has 3 aromatic rings. The lowest BCUT2D eigenvalue weighted by Crippen LogP contribution is -2.19. The molecule has 0 aromatic heterocycles. The molecule has 3 rings (SSSR count). The smallest absolute Gasteiger partial charge is 0.307 e. The van der Waals surface area contributed by atoms with E-state index in [0.717, 1.165) is 21.6 Å². The Labute approximate surface area is 174 Å². The zero-order valence-electron chi connectivity index (χ0n) is 15.2. The average Bonchev–Trinajstić information content (AvgIpc) is 2.72. The van der Waals surface area contributed by atoms with Gasteiger partial charge in [0.15, 0.2) is 0 Å². The zero-order valence-corrected chi connectivity index (χ0v) is 16.7. The van der Waals surface area contributed by atoms with Crippen molar-refractivity contribution in [2.75, 3.05) is 5.75 Å². The van der Waals surface area contributed by atoms with Crippen molar-refractivity contribution >= 4 is 29.3 Å². The summed E-state index contributed by atoms with van der Waals surface area (Å²) < 4.78 is 0. The van der Waals surface area contributed by atoms with Gasteiger partial charge in [0, 0.05) is 15.7 Å². The van der Waals surface area contributed by atoms with Crippen molar-refractivity contribution in [3.05, 3.63) is 89.4 Å². The predicted octanol–water partition coefficient (Wildman–Crippen LogP) is 5.92. The lowest BCUT2D eigenvalue weighted by molar-refractivity contribution is -0.142. The van der Waals surface area contributed by atoms with Crippen molar-refractivity contribution in [2.45, 2.75) is 17.4 Å². The number of hydrogen-bond donors (Lipinski definition) is 2. The Morgan fingerprint density at radius 3 is 2.25 bits per heavy atom. The molecular formula is C23H21ClO3S. The Kier molecular flexibility index (Phi) is 7.15. The molecule has 0 spiro atoms. The van der Waals surface area contributed by atoms with Crippen LogP contribution in [0.3, 0.4) is 0 Å². The van der Waals surface area contributed by atoms with E-state index in [9.17, 15) is 15.0 Å². The first-order chi connectivity index (χ1) is 13.5. The monoisotopic (exact) mass is 412 g/mol. The van der Waals surface area contributed by atoms with Crippen LogP contribution in [0, 0.1) is 5.92 Å². The lowest BCUT2D eigenvalue weighted by Gasteiger charge is -2.20. The molecule has 2 unspecified atom stereocenters. The van der Waals surface area contributed by atoms with E-state index in [1.54, 1.807) is 12.1 Å². The van der Waals surface area contributed by atoms with E-state index >= 15 is 0 Å². The second-order valence-electron chi connectivity index (χ2n) is 6.50. The Morgan fingerprint density at radius 1 is 0.929 bits per heavy atom. The van der Waals surface area contributed by atoms with Crippen molar-refractivity contribution < 1.29 is 15.0 Å². The van der Waals surface area contributed by atoms with E-state index in [-0.39, 0.29) is 6.42 Å². The second kappa shape index (κ2) is 9.78. The van der Waals surface area contributed by atoms with Crippen LogP contribution >= 0.6 is 23.4 Å². The Morgan fingerprint density at radius 2 is 1.57 bits per heavy atom. The minimum Gasteiger partial charge on any atom is -0.481 e. The number of carbonyl (C=O) groups is 1. The maximum Gasteiger partial charge on any atom is 0.307 e. The number of hydrogen-bond acceptors (Lipinski definition) is 3. The van der Waals surface area contributed by atoms with Crippen molar-refractivity contribution in [1.29, 1.82) is 0 Å². The van der Waals surface area contributed by atoms with Crippen LogP contribution in [0.1, 0.15) is 18.1 Å². The summed E-state index contributed by atoms with van der Waals surface area (Å²) in [5, 5.41) is 21.1. The zero-order chi connectivity index (χ0) is 19.9. The quantitative estimate of drug-likeness (QED) is 0.450. The molecule has 0 aliphatic heterocycles. The molecule has 28 heavy (non-hydrogen) atoms. The molecule has 3 nitrogen and oxygen atoms in total. The fraction of sp³-hybridized carbons (Fsp3) is 0.174. The maximum atomic E-state index is 11.7.